The zero-order chi connectivity index (χ0) is 23.4. The number of hydrogen-bond acceptors (Lipinski definition) is 6. The summed E-state index contributed by atoms with van der Waals surface area (Å²) >= 11 is 0. The van der Waals surface area contributed by atoms with Crippen LogP contribution >= 0.6 is 0 Å². The largest absolute Gasteiger partial charge is 0.371 e. The van der Waals surface area contributed by atoms with Crippen LogP contribution in [-0.2, 0) is 10.6 Å². The Morgan fingerprint density at radius 2 is 1.82 bits per heavy atom. The van der Waals surface area contributed by atoms with Crippen LogP contribution in [0.25, 0.3) is 0 Å². The number of pyridine rings is 1. The van der Waals surface area contributed by atoms with Gasteiger partial charge in [0.25, 0.3) is 5.91 Å². The van der Waals surface area contributed by atoms with Gasteiger partial charge in [0, 0.05) is 18.0 Å². The predicted octanol–water partition coefficient (Wildman–Crippen LogP) is 4.17. The van der Waals surface area contributed by atoms with Gasteiger partial charge in [0.2, 0.25) is 0 Å². The SMILES string of the molecule is Cc1cc(NC(=O)c2ccc([SH](=N)=O)cc2N2CCC3(CC2)CC3)nc(N2CC(C)(F)C2)c1. The van der Waals surface area contributed by atoms with E-state index in [1.807, 2.05) is 17.9 Å². The van der Waals surface area contributed by atoms with Crippen LogP contribution in [0.4, 0.5) is 21.7 Å². The van der Waals surface area contributed by atoms with E-state index in [-0.39, 0.29) is 19.0 Å². The standard InChI is InChI=1S/C24H30FN5O2S/c1-16-11-20(27-21(12-16)30-14-23(2,25)15-30)28-22(31)18-4-3-17(33(26)32)13-19(18)29-9-7-24(5-6-24)8-10-29/h3-4,11-13,26,33H,5-10,14-15H2,1-2H3,(H,27,28,31). The summed E-state index contributed by atoms with van der Waals surface area (Å²) in [5.74, 6) is 0.763. The molecule has 2 aliphatic heterocycles. The zero-order valence-electron chi connectivity index (χ0n) is 19.0. The Morgan fingerprint density at radius 3 is 2.42 bits per heavy atom. The number of carbonyl (C=O) groups excluding carboxylic acids is 1. The number of rotatable bonds is 5. The number of piperidine rings is 1. The number of thiol groups is 1. The van der Waals surface area contributed by atoms with Gasteiger partial charge in [-0.25, -0.2) is 13.6 Å². The first kappa shape index (κ1) is 22.1. The minimum absolute atomic E-state index is 0.282. The third-order valence-corrected chi connectivity index (χ3v) is 7.89. The molecule has 7 nitrogen and oxygen atoms in total. The molecule has 1 atom stereocenters. The van der Waals surface area contributed by atoms with Crippen LogP contribution in [0.15, 0.2) is 35.2 Å². The maximum atomic E-state index is 14.0. The van der Waals surface area contributed by atoms with E-state index in [2.05, 4.69) is 15.2 Å². The Hall–Kier alpha value is -2.68. The first-order valence-electron chi connectivity index (χ1n) is 11.4. The number of carbonyl (C=O) groups is 1. The van der Waals surface area contributed by atoms with E-state index >= 15 is 0 Å². The lowest BCUT2D eigenvalue weighted by atomic mass is 9.93. The summed E-state index contributed by atoms with van der Waals surface area (Å²) in [6.07, 6.45) is 4.76. The molecule has 1 amide bonds. The minimum Gasteiger partial charge on any atom is -0.371 e. The lowest BCUT2D eigenvalue weighted by Crippen LogP contribution is -2.57. The Labute approximate surface area is 195 Å². The van der Waals surface area contributed by atoms with Gasteiger partial charge in [-0.05, 0) is 80.8 Å². The van der Waals surface area contributed by atoms with Crippen LogP contribution in [0, 0.1) is 17.1 Å². The third kappa shape index (κ3) is 4.55. The van der Waals surface area contributed by atoms with Crippen LogP contribution in [0.2, 0.25) is 0 Å². The molecule has 33 heavy (non-hydrogen) atoms. The lowest BCUT2D eigenvalue weighted by Gasteiger charge is -2.43. The lowest BCUT2D eigenvalue weighted by molar-refractivity contribution is 0.102. The molecule has 3 fully saturated rings. The molecule has 1 saturated carbocycles. The zero-order valence-corrected chi connectivity index (χ0v) is 19.9. The van der Waals surface area contributed by atoms with Crippen molar-refractivity contribution < 1.29 is 13.4 Å². The van der Waals surface area contributed by atoms with Gasteiger partial charge in [0.1, 0.15) is 17.3 Å². The van der Waals surface area contributed by atoms with E-state index < -0.39 is 16.3 Å². The summed E-state index contributed by atoms with van der Waals surface area (Å²) < 4.78 is 33.4. The number of amides is 1. The highest BCUT2D eigenvalue weighted by Crippen LogP contribution is 2.54. The second-order valence-corrected chi connectivity index (χ2v) is 11.2. The number of nitrogens with zero attached hydrogens (tertiary/aromatic N) is 3. The maximum Gasteiger partial charge on any atom is 0.258 e. The summed E-state index contributed by atoms with van der Waals surface area (Å²) in [7, 11) is -2.25. The number of hydrogen-bond donors (Lipinski definition) is 3. The molecular formula is C24H30FN5O2S. The Morgan fingerprint density at radius 1 is 1.12 bits per heavy atom. The number of nitrogens with one attached hydrogen (secondary N) is 2. The fraction of sp³-hybridized carbons (Fsp3) is 0.500. The summed E-state index contributed by atoms with van der Waals surface area (Å²) in [5.41, 5.74) is 1.41. The van der Waals surface area contributed by atoms with Crippen molar-refractivity contribution in [3.63, 3.8) is 0 Å². The van der Waals surface area contributed by atoms with Crippen LogP contribution in [0.1, 0.15) is 48.5 Å². The summed E-state index contributed by atoms with van der Waals surface area (Å²) in [5, 5.41) is 2.90. The monoisotopic (exact) mass is 471 g/mol. The van der Waals surface area contributed by atoms with Crippen molar-refractivity contribution in [2.24, 2.45) is 5.41 Å². The van der Waals surface area contributed by atoms with Gasteiger partial charge in [-0.3, -0.25) is 9.57 Å². The molecule has 1 aromatic heterocycles. The number of halogens is 1. The average molecular weight is 472 g/mol. The van der Waals surface area contributed by atoms with Crippen LogP contribution in [0.5, 0.6) is 0 Å². The normalized spacial score (nSPS) is 21.4. The van der Waals surface area contributed by atoms with E-state index in [9.17, 15) is 13.4 Å². The molecule has 9 heteroatoms. The molecule has 1 unspecified atom stereocenters. The molecular weight excluding hydrogens is 441 g/mol. The van der Waals surface area contributed by atoms with E-state index in [0.717, 1.165) is 37.2 Å². The molecule has 0 bridgehead atoms. The molecule has 5 rings (SSSR count). The first-order valence-corrected chi connectivity index (χ1v) is 12.7. The fourth-order valence-electron chi connectivity index (χ4n) is 4.97. The van der Waals surface area contributed by atoms with Crippen molar-refractivity contribution in [1.29, 1.82) is 4.78 Å². The van der Waals surface area contributed by atoms with E-state index in [4.69, 9.17) is 4.78 Å². The quantitative estimate of drug-likeness (QED) is 0.570. The molecule has 2 aromatic rings. The Kier molecular flexibility index (Phi) is 5.34. The number of alkyl halides is 1. The highest BCUT2D eigenvalue weighted by atomic mass is 32.2. The average Bonchev–Trinajstić information content (AvgIpc) is 3.50. The van der Waals surface area contributed by atoms with Gasteiger partial charge in [0.15, 0.2) is 0 Å². The molecule has 0 radical (unpaired) electrons. The number of benzene rings is 1. The minimum atomic E-state index is -2.25. The maximum absolute atomic E-state index is 14.0. The second-order valence-electron chi connectivity index (χ2n) is 10.1. The summed E-state index contributed by atoms with van der Waals surface area (Å²) in [4.78, 5) is 22.3. The predicted molar refractivity (Wildman–Crippen MR) is 129 cm³/mol. The van der Waals surface area contributed by atoms with Gasteiger partial charge in [-0.15, -0.1) is 0 Å². The molecule has 176 valence electrons. The second kappa shape index (κ2) is 7.97. The molecule has 3 heterocycles. The van der Waals surface area contributed by atoms with Crippen LogP contribution < -0.4 is 15.1 Å². The molecule has 2 N–H and O–H groups in total. The van der Waals surface area contributed by atoms with E-state index in [1.165, 1.54) is 12.8 Å². The van der Waals surface area contributed by atoms with E-state index in [1.54, 1.807) is 31.2 Å². The fourth-order valence-corrected chi connectivity index (χ4v) is 5.42. The van der Waals surface area contributed by atoms with Gasteiger partial charge in [0.05, 0.1) is 34.9 Å². The van der Waals surface area contributed by atoms with Gasteiger partial charge in [-0.1, -0.05) is 0 Å². The highest BCUT2D eigenvalue weighted by molar-refractivity contribution is 7.73. The smallest absolute Gasteiger partial charge is 0.258 e. The number of anilines is 3. The first-order chi connectivity index (χ1) is 15.6. The van der Waals surface area contributed by atoms with Crippen molar-refractivity contribution in [3.8, 4) is 0 Å². The Bertz CT molecular complexity index is 1170. The van der Waals surface area contributed by atoms with Gasteiger partial charge < -0.3 is 15.1 Å². The van der Waals surface area contributed by atoms with Gasteiger partial charge >= 0.3 is 0 Å². The van der Waals surface area contributed by atoms with Crippen molar-refractivity contribution in [2.45, 2.75) is 50.1 Å². The molecule has 1 aliphatic carbocycles. The molecule has 1 spiro atoms. The summed E-state index contributed by atoms with van der Waals surface area (Å²) in [6, 6.07) is 8.65. The highest BCUT2D eigenvalue weighted by Gasteiger charge is 2.44. The van der Waals surface area contributed by atoms with Crippen molar-refractivity contribution in [3.05, 3.63) is 41.5 Å². The van der Waals surface area contributed by atoms with Crippen LogP contribution in [0.3, 0.4) is 0 Å². The molecule has 1 aromatic carbocycles. The topological polar surface area (TPSA) is 89.4 Å². The molecule has 3 aliphatic rings. The van der Waals surface area contributed by atoms with Gasteiger partial charge in [-0.2, -0.15) is 0 Å². The molecule has 2 saturated heterocycles. The van der Waals surface area contributed by atoms with Crippen LogP contribution in [-0.4, -0.2) is 46.9 Å². The Balaban J connectivity index is 1.40. The van der Waals surface area contributed by atoms with Crippen molar-refractivity contribution >= 4 is 33.8 Å². The van der Waals surface area contributed by atoms with E-state index in [0.29, 0.717) is 27.5 Å². The number of aryl methyl sites for hydroxylation is 1. The van der Waals surface area contributed by atoms with Crippen molar-refractivity contribution in [2.75, 3.05) is 41.3 Å². The summed E-state index contributed by atoms with van der Waals surface area (Å²) in [6.45, 7) is 5.75. The van der Waals surface area contributed by atoms with Crippen molar-refractivity contribution in [1.82, 2.24) is 4.98 Å². The third-order valence-electron chi connectivity index (χ3n) is 7.15. The number of aromatic nitrogens is 1.